The number of fused-ring (bicyclic) bond motifs is 2. The van der Waals surface area contributed by atoms with Crippen LogP contribution in [0.15, 0.2) is 41.3 Å². The number of piperidine rings is 2. The summed E-state index contributed by atoms with van der Waals surface area (Å²) in [6.45, 7) is 6.12. The van der Waals surface area contributed by atoms with Crippen molar-refractivity contribution in [3.8, 4) is 11.5 Å². The van der Waals surface area contributed by atoms with E-state index in [0.717, 1.165) is 12.8 Å². The van der Waals surface area contributed by atoms with E-state index in [2.05, 4.69) is 12.2 Å². The highest BCUT2D eigenvalue weighted by Gasteiger charge is 2.36. The van der Waals surface area contributed by atoms with Gasteiger partial charge >= 0.3 is 5.97 Å². The van der Waals surface area contributed by atoms with Crippen molar-refractivity contribution in [3.05, 3.63) is 42.0 Å². The molecule has 1 N–H and O–H groups in total. The Labute approximate surface area is 217 Å². The Balaban J connectivity index is 1.55. The topological polar surface area (TPSA) is 105 Å². The fourth-order valence-corrected chi connectivity index (χ4v) is 6.90. The molecule has 9 nitrogen and oxygen atoms in total. The number of amides is 1. The normalized spacial score (nSPS) is 19.3. The van der Waals surface area contributed by atoms with Crippen LogP contribution in [0.3, 0.4) is 0 Å². The largest absolute Gasteiger partial charge is 0.466 e. The first-order chi connectivity index (χ1) is 17.8. The summed E-state index contributed by atoms with van der Waals surface area (Å²) >= 11 is 0. The zero-order valence-corrected chi connectivity index (χ0v) is 22.1. The van der Waals surface area contributed by atoms with Gasteiger partial charge in [0.25, 0.3) is 5.91 Å². The van der Waals surface area contributed by atoms with Crippen molar-refractivity contribution in [2.24, 2.45) is 11.8 Å². The molecule has 2 aromatic rings. The first-order valence-electron chi connectivity index (χ1n) is 13.0. The van der Waals surface area contributed by atoms with Gasteiger partial charge in [0, 0.05) is 32.2 Å². The Kier molecular flexibility index (Phi) is 7.13. The molecule has 1 amide bonds. The fraction of sp³-hybridized carbons (Fsp3) is 0.481. The molecular formula is C27H33N3O6S. The molecule has 0 bridgehead atoms. The van der Waals surface area contributed by atoms with Crippen molar-refractivity contribution in [2.75, 3.05) is 43.0 Å². The summed E-state index contributed by atoms with van der Waals surface area (Å²) in [6, 6.07) is 10.2. The van der Waals surface area contributed by atoms with Crippen molar-refractivity contribution in [3.63, 3.8) is 0 Å². The molecule has 198 valence electrons. The number of rotatable bonds is 5. The summed E-state index contributed by atoms with van der Waals surface area (Å²) in [5, 5.41) is 2.83. The summed E-state index contributed by atoms with van der Waals surface area (Å²) < 4.78 is 40.8. The monoisotopic (exact) mass is 527 g/mol. The van der Waals surface area contributed by atoms with Crippen molar-refractivity contribution in [1.82, 2.24) is 4.31 Å². The van der Waals surface area contributed by atoms with Gasteiger partial charge in [-0.25, -0.2) is 8.42 Å². The first kappa shape index (κ1) is 25.5. The van der Waals surface area contributed by atoms with Crippen LogP contribution in [-0.2, 0) is 19.6 Å². The maximum absolute atomic E-state index is 14.0. The molecule has 2 fully saturated rings. The molecule has 3 aliphatic rings. The Bertz CT molecular complexity index is 1300. The molecule has 2 saturated heterocycles. The molecule has 3 heterocycles. The summed E-state index contributed by atoms with van der Waals surface area (Å²) in [5.41, 5.74) is 1.19. The number of anilines is 2. The number of carbonyl (C=O) groups excluding carboxylic acids is 2. The number of benzene rings is 2. The highest BCUT2D eigenvalue weighted by Crippen LogP contribution is 2.42. The van der Waals surface area contributed by atoms with E-state index >= 15 is 0 Å². The number of para-hydroxylation sites is 2. The minimum absolute atomic E-state index is 0.0973. The van der Waals surface area contributed by atoms with Gasteiger partial charge in [-0.1, -0.05) is 19.1 Å². The highest BCUT2D eigenvalue weighted by molar-refractivity contribution is 7.89. The Hall–Kier alpha value is -3.11. The number of hydrogen-bond acceptors (Lipinski definition) is 7. The zero-order valence-electron chi connectivity index (χ0n) is 21.2. The number of ether oxygens (including phenoxy) is 2. The standard InChI is InChI=1S/C27H33N3O6S/c1-3-35-27(32)19-10-12-29(13-11-19)22-17-24-20(26(31)28-21-6-4-5-7-23(21)36-24)16-25(22)37(33,34)30-14-8-18(2)9-15-30/h4-7,16-19H,3,8-15H2,1-2H3,(H,28,31). The zero-order chi connectivity index (χ0) is 26.2. The Morgan fingerprint density at radius 2 is 1.76 bits per heavy atom. The van der Waals surface area contributed by atoms with Crippen LogP contribution in [0, 0.1) is 11.8 Å². The number of nitrogens with one attached hydrogen (secondary N) is 1. The van der Waals surface area contributed by atoms with E-state index in [1.54, 1.807) is 31.2 Å². The molecule has 0 radical (unpaired) electrons. The lowest BCUT2D eigenvalue weighted by Crippen LogP contribution is -2.40. The van der Waals surface area contributed by atoms with Crippen molar-refractivity contribution in [1.29, 1.82) is 0 Å². The van der Waals surface area contributed by atoms with Crippen molar-refractivity contribution < 1.29 is 27.5 Å². The second-order valence-corrected chi connectivity index (χ2v) is 11.9. The average Bonchev–Trinajstić information content (AvgIpc) is 3.03. The smallest absolute Gasteiger partial charge is 0.309 e. The van der Waals surface area contributed by atoms with Gasteiger partial charge in [0.15, 0.2) is 5.75 Å². The van der Waals surface area contributed by atoms with Crippen LogP contribution in [0.1, 0.15) is 49.9 Å². The van der Waals surface area contributed by atoms with Gasteiger partial charge in [-0.15, -0.1) is 0 Å². The molecule has 0 atom stereocenters. The van der Waals surface area contributed by atoms with Gasteiger partial charge in [0.2, 0.25) is 10.0 Å². The summed E-state index contributed by atoms with van der Waals surface area (Å²) in [6.07, 6.45) is 2.70. The molecule has 37 heavy (non-hydrogen) atoms. The molecule has 0 aromatic heterocycles. The summed E-state index contributed by atoms with van der Waals surface area (Å²) in [7, 11) is -3.88. The molecule has 5 rings (SSSR count). The third kappa shape index (κ3) is 5.04. The number of esters is 1. The lowest BCUT2D eigenvalue weighted by Gasteiger charge is -2.35. The van der Waals surface area contributed by atoms with Crippen LogP contribution in [0.4, 0.5) is 11.4 Å². The fourth-order valence-electron chi connectivity index (χ4n) is 5.21. The van der Waals surface area contributed by atoms with Crippen LogP contribution in [0.2, 0.25) is 0 Å². The van der Waals surface area contributed by atoms with Gasteiger partial charge in [-0.3, -0.25) is 9.59 Å². The molecule has 10 heteroatoms. The predicted octanol–water partition coefficient (Wildman–Crippen LogP) is 4.24. The number of hydrogen-bond donors (Lipinski definition) is 1. The van der Waals surface area contributed by atoms with Gasteiger partial charge in [-0.05, 0) is 56.7 Å². The molecule has 3 aliphatic heterocycles. The van der Waals surface area contributed by atoms with E-state index in [1.807, 2.05) is 11.0 Å². The third-order valence-corrected chi connectivity index (χ3v) is 9.40. The van der Waals surface area contributed by atoms with Gasteiger partial charge in [-0.2, -0.15) is 4.31 Å². The number of nitrogens with zero attached hydrogens (tertiary/aromatic N) is 2. The van der Waals surface area contributed by atoms with E-state index in [1.165, 1.54) is 10.4 Å². The number of sulfonamides is 1. The Morgan fingerprint density at radius 1 is 1.05 bits per heavy atom. The van der Waals surface area contributed by atoms with Crippen molar-refractivity contribution >= 4 is 33.3 Å². The van der Waals surface area contributed by atoms with Crippen LogP contribution in [0.25, 0.3) is 0 Å². The second-order valence-electron chi connectivity index (χ2n) is 9.97. The summed E-state index contributed by atoms with van der Waals surface area (Å²) in [4.78, 5) is 27.5. The molecule has 2 aromatic carbocycles. The van der Waals surface area contributed by atoms with E-state index in [-0.39, 0.29) is 22.3 Å². The molecule has 0 spiro atoms. The highest BCUT2D eigenvalue weighted by atomic mass is 32.2. The van der Waals surface area contributed by atoms with Gasteiger partial charge in [0.05, 0.1) is 29.5 Å². The van der Waals surface area contributed by atoms with Crippen LogP contribution >= 0.6 is 0 Å². The second kappa shape index (κ2) is 10.3. The summed E-state index contributed by atoms with van der Waals surface area (Å²) in [5.74, 6) is 0.415. The minimum Gasteiger partial charge on any atom is -0.466 e. The molecule has 0 unspecified atom stereocenters. The average molecular weight is 528 g/mol. The molecule has 0 saturated carbocycles. The van der Waals surface area contributed by atoms with Crippen LogP contribution in [-0.4, -0.2) is 57.4 Å². The van der Waals surface area contributed by atoms with Gasteiger partial charge < -0.3 is 19.7 Å². The van der Waals surface area contributed by atoms with E-state index in [4.69, 9.17) is 9.47 Å². The Morgan fingerprint density at radius 3 is 2.46 bits per heavy atom. The maximum atomic E-state index is 14.0. The third-order valence-electron chi connectivity index (χ3n) is 7.48. The van der Waals surface area contributed by atoms with E-state index < -0.39 is 15.9 Å². The lowest BCUT2D eigenvalue weighted by molar-refractivity contribution is -0.148. The SMILES string of the molecule is CCOC(=O)C1CCN(c2cc3c(cc2S(=O)(=O)N2CCC(C)CC2)C(=O)Nc2ccccc2O3)CC1. The number of carbonyl (C=O) groups is 2. The van der Waals surface area contributed by atoms with Crippen LogP contribution < -0.4 is 15.0 Å². The van der Waals surface area contributed by atoms with Crippen molar-refractivity contribution in [2.45, 2.75) is 44.4 Å². The molecular weight excluding hydrogens is 494 g/mol. The quantitative estimate of drug-likeness (QED) is 0.580. The lowest BCUT2D eigenvalue weighted by atomic mass is 9.96. The first-order valence-corrected chi connectivity index (χ1v) is 14.4. The van der Waals surface area contributed by atoms with E-state index in [9.17, 15) is 18.0 Å². The minimum atomic E-state index is -3.88. The molecule has 0 aliphatic carbocycles. The predicted molar refractivity (Wildman–Crippen MR) is 140 cm³/mol. The maximum Gasteiger partial charge on any atom is 0.309 e. The van der Waals surface area contributed by atoms with Gasteiger partial charge in [0.1, 0.15) is 10.6 Å². The van der Waals surface area contributed by atoms with E-state index in [0.29, 0.717) is 74.4 Å². The van der Waals surface area contributed by atoms with Crippen LogP contribution in [0.5, 0.6) is 11.5 Å².